The van der Waals surface area contributed by atoms with Crippen LogP contribution in [0.15, 0.2) is 42.3 Å². The van der Waals surface area contributed by atoms with Crippen molar-refractivity contribution in [2.24, 2.45) is 5.92 Å². The molecule has 33 heavy (non-hydrogen) atoms. The lowest BCUT2D eigenvalue weighted by atomic mass is 9.90. The maximum Gasteiger partial charge on any atom is 0.241 e. The standard InChI is InChI=1S/C27H40FN3O2/c1-8-12-30(15-19(3)4)16-25(33)31-18-27(6,7)26-24(31)14-22(23(17-32)29-26)13-21(9-2)11-10-20(5)28/h9-11,14,19,32H,2,8,12-13,15-18H2,1,3-7H3/b20-10+,21-11+. The average molecular weight is 458 g/mol. The Bertz CT molecular complexity index is 914. The molecule has 1 aliphatic heterocycles. The van der Waals surface area contributed by atoms with Crippen molar-refractivity contribution in [2.75, 3.05) is 31.1 Å². The van der Waals surface area contributed by atoms with Gasteiger partial charge in [0, 0.05) is 18.5 Å². The molecule has 2 rings (SSSR count). The van der Waals surface area contributed by atoms with E-state index < -0.39 is 0 Å². The number of rotatable bonds is 11. The Morgan fingerprint density at radius 2 is 2.09 bits per heavy atom. The molecule has 0 saturated carbocycles. The summed E-state index contributed by atoms with van der Waals surface area (Å²) in [6.07, 6.45) is 6.19. The number of aliphatic hydroxyl groups excluding tert-OH is 1. The number of hydrogen-bond donors (Lipinski definition) is 1. The minimum absolute atomic E-state index is 0.0656. The van der Waals surface area contributed by atoms with Crippen LogP contribution in [0, 0.1) is 5.92 Å². The fourth-order valence-electron chi connectivity index (χ4n) is 4.34. The van der Waals surface area contributed by atoms with Crippen molar-refractivity contribution in [1.82, 2.24) is 9.88 Å². The number of fused-ring (bicyclic) bond motifs is 1. The molecule has 2 heterocycles. The average Bonchev–Trinajstić information content (AvgIpc) is 3.00. The highest BCUT2D eigenvalue weighted by molar-refractivity contribution is 5.97. The first kappa shape index (κ1) is 26.9. The molecule has 1 N–H and O–H groups in total. The topological polar surface area (TPSA) is 56.7 Å². The summed E-state index contributed by atoms with van der Waals surface area (Å²) in [6.45, 7) is 18.3. The van der Waals surface area contributed by atoms with Crippen LogP contribution >= 0.6 is 0 Å². The number of aromatic nitrogens is 1. The van der Waals surface area contributed by atoms with E-state index in [1.165, 1.54) is 13.0 Å². The van der Waals surface area contributed by atoms with Gasteiger partial charge < -0.3 is 10.0 Å². The molecule has 6 heteroatoms. The van der Waals surface area contributed by atoms with E-state index in [-0.39, 0.29) is 23.8 Å². The van der Waals surface area contributed by atoms with Crippen LogP contribution in [0.1, 0.15) is 64.9 Å². The summed E-state index contributed by atoms with van der Waals surface area (Å²) in [7, 11) is 0. The van der Waals surface area contributed by atoms with E-state index in [2.05, 4.69) is 46.1 Å². The number of anilines is 1. The van der Waals surface area contributed by atoms with Gasteiger partial charge in [-0.1, -0.05) is 53.3 Å². The summed E-state index contributed by atoms with van der Waals surface area (Å²) >= 11 is 0. The zero-order valence-corrected chi connectivity index (χ0v) is 21.1. The lowest BCUT2D eigenvalue weighted by molar-refractivity contribution is -0.119. The Kier molecular flexibility index (Phi) is 9.56. The van der Waals surface area contributed by atoms with Crippen molar-refractivity contribution in [1.29, 1.82) is 0 Å². The second-order valence-electron chi connectivity index (χ2n) is 9.99. The van der Waals surface area contributed by atoms with Gasteiger partial charge in [0.05, 0.1) is 36.1 Å². The van der Waals surface area contributed by atoms with Crippen LogP contribution in [0.5, 0.6) is 0 Å². The maximum atomic E-state index is 13.4. The van der Waals surface area contributed by atoms with E-state index in [0.29, 0.717) is 31.1 Å². The lowest BCUT2D eigenvalue weighted by Crippen LogP contribution is -2.43. The zero-order valence-electron chi connectivity index (χ0n) is 21.1. The molecule has 0 aliphatic carbocycles. The van der Waals surface area contributed by atoms with Crippen molar-refractivity contribution >= 4 is 11.6 Å². The molecule has 0 aromatic carbocycles. The SMILES string of the molecule is C=C/C(=C\C=C(/C)F)Cc1cc2c(nc1CO)C(C)(C)CN2C(=O)CN(CCC)CC(C)C. The monoisotopic (exact) mass is 457 g/mol. The highest BCUT2D eigenvalue weighted by atomic mass is 19.1. The van der Waals surface area contributed by atoms with E-state index >= 15 is 0 Å². The molecular formula is C27H40FN3O2. The summed E-state index contributed by atoms with van der Waals surface area (Å²) in [4.78, 5) is 22.3. The van der Waals surface area contributed by atoms with Gasteiger partial charge in [-0.15, -0.1) is 0 Å². The number of hydrogen-bond acceptors (Lipinski definition) is 4. The summed E-state index contributed by atoms with van der Waals surface area (Å²) in [5, 5.41) is 9.99. The first-order valence-electron chi connectivity index (χ1n) is 11.8. The molecule has 0 bridgehead atoms. The third-order valence-electron chi connectivity index (χ3n) is 5.81. The number of allylic oxidation sites excluding steroid dienone is 5. The fraction of sp³-hybridized carbons (Fsp3) is 0.556. The third kappa shape index (κ3) is 7.08. The van der Waals surface area contributed by atoms with Gasteiger partial charge in [-0.2, -0.15) is 0 Å². The number of pyridine rings is 1. The van der Waals surface area contributed by atoms with E-state index in [9.17, 15) is 14.3 Å². The quantitative estimate of drug-likeness (QED) is 0.470. The summed E-state index contributed by atoms with van der Waals surface area (Å²) in [6, 6.07) is 1.97. The van der Waals surface area contributed by atoms with Gasteiger partial charge in [0.25, 0.3) is 0 Å². The molecule has 0 unspecified atom stereocenters. The van der Waals surface area contributed by atoms with Gasteiger partial charge in [-0.25, -0.2) is 4.39 Å². The van der Waals surface area contributed by atoms with Gasteiger partial charge in [-0.3, -0.25) is 14.7 Å². The van der Waals surface area contributed by atoms with Gasteiger partial charge >= 0.3 is 0 Å². The Hall–Kier alpha value is -2.31. The normalized spacial score (nSPS) is 16.0. The van der Waals surface area contributed by atoms with Crippen molar-refractivity contribution < 1.29 is 14.3 Å². The van der Waals surface area contributed by atoms with Crippen molar-refractivity contribution in [3.63, 3.8) is 0 Å². The summed E-state index contributed by atoms with van der Waals surface area (Å²) < 4.78 is 13.2. The van der Waals surface area contributed by atoms with Gasteiger partial charge in [0.15, 0.2) is 0 Å². The number of carbonyl (C=O) groups excluding carboxylic acids is 1. The zero-order chi connectivity index (χ0) is 24.8. The molecule has 5 nitrogen and oxygen atoms in total. The van der Waals surface area contributed by atoms with Crippen molar-refractivity contribution in [3.8, 4) is 0 Å². The first-order valence-corrected chi connectivity index (χ1v) is 11.8. The number of aliphatic hydroxyl groups is 1. The Balaban J connectivity index is 2.42. The minimum Gasteiger partial charge on any atom is -0.390 e. The van der Waals surface area contributed by atoms with E-state index in [1.54, 1.807) is 12.2 Å². The van der Waals surface area contributed by atoms with E-state index in [0.717, 1.165) is 42.0 Å². The predicted octanol–water partition coefficient (Wildman–Crippen LogP) is 5.09. The van der Waals surface area contributed by atoms with Crippen LogP contribution in [0.4, 0.5) is 10.1 Å². The molecule has 1 aromatic heterocycles. The second-order valence-corrected chi connectivity index (χ2v) is 9.99. The van der Waals surface area contributed by atoms with Crippen LogP contribution in [0.25, 0.3) is 0 Å². The molecule has 0 atom stereocenters. The first-order chi connectivity index (χ1) is 15.5. The summed E-state index contributed by atoms with van der Waals surface area (Å²) in [5.41, 5.74) is 3.53. The predicted molar refractivity (Wildman–Crippen MR) is 134 cm³/mol. The Morgan fingerprint density at radius 3 is 2.64 bits per heavy atom. The molecule has 1 amide bonds. The molecule has 1 aliphatic rings. The van der Waals surface area contributed by atoms with Gasteiger partial charge in [0.1, 0.15) is 0 Å². The fourth-order valence-corrected chi connectivity index (χ4v) is 4.34. The van der Waals surface area contributed by atoms with Gasteiger partial charge in [0.2, 0.25) is 5.91 Å². The Labute approximate surface area is 198 Å². The highest BCUT2D eigenvalue weighted by Gasteiger charge is 2.40. The van der Waals surface area contributed by atoms with Gasteiger partial charge in [-0.05, 0) is 55.5 Å². The number of halogens is 1. The summed E-state index contributed by atoms with van der Waals surface area (Å²) in [5.74, 6) is 0.259. The molecule has 0 radical (unpaired) electrons. The second kappa shape index (κ2) is 11.7. The van der Waals surface area contributed by atoms with E-state index in [1.807, 2.05) is 11.0 Å². The highest BCUT2D eigenvalue weighted by Crippen LogP contribution is 2.40. The molecule has 1 aromatic rings. The van der Waals surface area contributed by atoms with Crippen LogP contribution in [-0.2, 0) is 23.2 Å². The third-order valence-corrected chi connectivity index (χ3v) is 5.81. The lowest BCUT2D eigenvalue weighted by Gasteiger charge is -2.27. The molecule has 0 spiro atoms. The van der Waals surface area contributed by atoms with Crippen LogP contribution in [-0.4, -0.2) is 47.1 Å². The molecule has 0 fully saturated rings. The largest absolute Gasteiger partial charge is 0.390 e. The van der Waals surface area contributed by atoms with Crippen LogP contribution in [0.2, 0.25) is 0 Å². The smallest absolute Gasteiger partial charge is 0.241 e. The van der Waals surface area contributed by atoms with Crippen LogP contribution in [0.3, 0.4) is 0 Å². The molecule has 0 saturated heterocycles. The number of carbonyl (C=O) groups is 1. The maximum absolute atomic E-state index is 13.4. The number of nitrogens with zero attached hydrogens (tertiary/aromatic N) is 3. The van der Waals surface area contributed by atoms with E-state index in [4.69, 9.17) is 4.98 Å². The molecule has 182 valence electrons. The number of amides is 1. The van der Waals surface area contributed by atoms with Crippen molar-refractivity contribution in [2.45, 2.75) is 66.4 Å². The minimum atomic E-state index is -0.313. The van der Waals surface area contributed by atoms with Crippen molar-refractivity contribution in [3.05, 3.63) is 59.2 Å². The Morgan fingerprint density at radius 1 is 1.39 bits per heavy atom. The van der Waals surface area contributed by atoms with Crippen LogP contribution < -0.4 is 4.90 Å². The molecular weight excluding hydrogens is 417 g/mol.